The number of hydrogen-bond donors (Lipinski definition) is 2. The summed E-state index contributed by atoms with van der Waals surface area (Å²) in [5.74, 6) is 1.69. The van der Waals surface area contributed by atoms with Crippen LogP contribution in [-0.4, -0.2) is 51.7 Å². The van der Waals surface area contributed by atoms with Gasteiger partial charge in [-0.25, -0.2) is 4.98 Å². The van der Waals surface area contributed by atoms with Gasteiger partial charge in [-0.05, 0) is 44.7 Å². The van der Waals surface area contributed by atoms with Crippen molar-refractivity contribution < 1.29 is 4.79 Å². The quantitative estimate of drug-likeness (QED) is 0.814. The molecule has 3 heterocycles. The van der Waals surface area contributed by atoms with Crippen LogP contribution in [-0.2, 0) is 4.79 Å². The van der Waals surface area contributed by atoms with E-state index in [1.165, 1.54) is 12.8 Å². The summed E-state index contributed by atoms with van der Waals surface area (Å²) < 4.78 is 0. The average Bonchev–Trinajstić information content (AvgIpc) is 3.21. The van der Waals surface area contributed by atoms with Crippen LogP contribution in [0.1, 0.15) is 43.7 Å². The van der Waals surface area contributed by atoms with Gasteiger partial charge in [0, 0.05) is 25.2 Å². The van der Waals surface area contributed by atoms with Crippen molar-refractivity contribution in [2.75, 3.05) is 12.8 Å². The van der Waals surface area contributed by atoms with Crippen LogP contribution in [0, 0.1) is 0 Å². The van der Waals surface area contributed by atoms with Crippen molar-refractivity contribution in [2.24, 2.45) is 0 Å². The van der Waals surface area contributed by atoms with Crippen LogP contribution < -0.4 is 5.32 Å². The van der Waals surface area contributed by atoms with Gasteiger partial charge in [0.15, 0.2) is 0 Å². The Bertz CT molecular complexity index is 722. The zero-order chi connectivity index (χ0) is 17.4. The number of thioether (sulfide) groups is 1. The highest BCUT2D eigenvalue weighted by Crippen LogP contribution is 2.31. The molecule has 4 rings (SSSR count). The topological polar surface area (TPSA) is 61.0 Å². The summed E-state index contributed by atoms with van der Waals surface area (Å²) in [7, 11) is 1.98. The molecular weight excluding hydrogens is 368 g/mol. The van der Waals surface area contributed by atoms with E-state index in [4.69, 9.17) is 0 Å². The maximum absolute atomic E-state index is 12.6. The highest BCUT2D eigenvalue weighted by atomic mass is 35.5. The Morgan fingerprint density at radius 3 is 2.69 bits per heavy atom. The van der Waals surface area contributed by atoms with Gasteiger partial charge >= 0.3 is 0 Å². The summed E-state index contributed by atoms with van der Waals surface area (Å²) in [5.41, 5.74) is 2.04. The number of piperidine rings is 1. The third-order valence-corrected chi connectivity index (χ3v) is 6.78. The Morgan fingerprint density at radius 1 is 1.31 bits per heavy atom. The first kappa shape index (κ1) is 19.5. The molecular formula is C19H27ClN4OS. The van der Waals surface area contributed by atoms with E-state index in [1.54, 1.807) is 11.8 Å². The van der Waals surface area contributed by atoms with Gasteiger partial charge in [0.05, 0.1) is 22.0 Å². The van der Waals surface area contributed by atoms with Gasteiger partial charge in [-0.3, -0.25) is 4.79 Å². The summed E-state index contributed by atoms with van der Waals surface area (Å²) in [6, 6.07) is 9.67. The molecule has 2 fully saturated rings. The number of para-hydroxylation sites is 2. The number of rotatable bonds is 5. The number of nitrogens with one attached hydrogen (secondary N) is 2. The molecule has 2 aromatic rings. The van der Waals surface area contributed by atoms with Crippen LogP contribution in [0.3, 0.4) is 0 Å². The van der Waals surface area contributed by atoms with Crippen LogP contribution >= 0.6 is 24.2 Å². The molecule has 1 aromatic carbocycles. The Hall–Kier alpha value is -1.24. The van der Waals surface area contributed by atoms with E-state index in [-0.39, 0.29) is 23.6 Å². The molecule has 26 heavy (non-hydrogen) atoms. The minimum Gasteiger partial charge on any atom is -0.342 e. The number of halogens is 1. The molecule has 142 valence electrons. The zero-order valence-corrected chi connectivity index (χ0v) is 16.9. The standard InChI is InChI=1S/C19H26N4OS.ClH/c1-12(19-21-16-5-3-4-6-17(16)22-19)25-11-18(24)23(2)15-9-13-7-8-14(10-15)20-13;/h3-6,12-15,20H,7-11H2,1-2H3,(H,21,22);1H. The molecule has 0 saturated carbocycles. The number of aromatic amines is 1. The lowest BCUT2D eigenvalue weighted by atomic mass is 9.98. The second kappa shape index (κ2) is 8.19. The Balaban J connectivity index is 0.00000196. The maximum Gasteiger partial charge on any atom is 0.232 e. The van der Waals surface area contributed by atoms with E-state index in [0.717, 1.165) is 29.7 Å². The van der Waals surface area contributed by atoms with Gasteiger partial charge in [-0.1, -0.05) is 12.1 Å². The molecule has 5 nitrogen and oxygen atoms in total. The van der Waals surface area contributed by atoms with Gasteiger partial charge in [-0.15, -0.1) is 24.2 Å². The van der Waals surface area contributed by atoms with E-state index >= 15 is 0 Å². The normalized spacial score (nSPS) is 25.7. The van der Waals surface area contributed by atoms with Crippen LogP contribution in [0.5, 0.6) is 0 Å². The first-order chi connectivity index (χ1) is 12.1. The number of H-pyrrole nitrogens is 1. The van der Waals surface area contributed by atoms with E-state index < -0.39 is 0 Å². The number of amides is 1. The SMILES string of the molecule is CC(SCC(=O)N(C)C1CC2CCC(C1)N2)c1nc2ccccc2[nH]1.Cl. The lowest BCUT2D eigenvalue weighted by molar-refractivity contribution is -0.129. The highest BCUT2D eigenvalue weighted by Gasteiger charge is 2.36. The van der Waals surface area contributed by atoms with Gasteiger partial charge < -0.3 is 15.2 Å². The predicted octanol–water partition coefficient (Wildman–Crippen LogP) is 3.52. The molecule has 2 N–H and O–H groups in total. The van der Waals surface area contributed by atoms with E-state index in [2.05, 4.69) is 22.2 Å². The largest absolute Gasteiger partial charge is 0.342 e. The summed E-state index contributed by atoms with van der Waals surface area (Å²) in [5, 5.41) is 3.82. The van der Waals surface area contributed by atoms with Crippen molar-refractivity contribution >= 4 is 41.1 Å². The van der Waals surface area contributed by atoms with Crippen molar-refractivity contribution in [3.63, 3.8) is 0 Å². The average molecular weight is 395 g/mol. The minimum absolute atomic E-state index is 0. The molecule has 2 aliphatic heterocycles. The zero-order valence-electron chi connectivity index (χ0n) is 15.3. The Kier molecular flexibility index (Phi) is 6.15. The Morgan fingerprint density at radius 2 is 2.00 bits per heavy atom. The summed E-state index contributed by atoms with van der Waals surface area (Å²) in [4.78, 5) is 22.6. The molecule has 3 atom stereocenters. The van der Waals surface area contributed by atoms with E-state index in [1.807, 2.05) is 36.2 Å². The molecule has 7 heteroatoms. The molecule has 0 spiro atoms. The molecule has 2 saturated heterocycles. The van der Waals surface area contributed by atoms with Crippen molar-refractivity contribution in [2.45, 2.75) is 56.0 Å². The van der Waals surface area contributed by atoms with Crippen LogP contribution in [0.2, 0.25) is 0 Å². The smallest absolute Gasteiger partial charge is 0.232 e. The monoisotopic (exact) mass is 394 g/mol. The molecule has 2 aliphatic rings. The molecule has 0 radical (unpaired) electrons. The molecule has 0 aliphatic carbocycles. The highest BCUT2D eigenvalue weighted by molar-refractivity contribution is 8.00. The number of nitrogens with zero attached hydrogens (tertiary/aromatic N) is 2. The van der Waals surface area contributed by atoms with Crippen LogP contribution in [0.4, 0.5) is 0 Å². The van der Waals surface area contributed by atoms with Crippen molar-refractivity contribution in [1.29, 1.82) is 0 Å². The molecule has 1 amide bonds. The first-order valence-corrected chi connectivity index (χ1v) is 10.2. The number of hydrogen-bond acceptors (Lipinski definition) is 4. The van der Waals surface area contributed by atoms with E-state index in [0.29, 0.717) is 23.9 Å². The lowest BCUT2D eigenvalue weighted by Crippen LogP contribution is -2.49. The fraction of sp³-hybridized carbons (Fsp3) is 0.579. The van der Waals surface area contributed by atoms with Gasteiger partial charge in [0.1, 0.15) is 5.82 Å². The van der Waals surface area contributed by atoms with Gasteiger partial charge in [0.25, 0.3) is 0 Å². The summed E-state index contributed by atoms with van der Waals surface area (Å²) >= 11 is 1.66. The number of carbonyl (C=O) groups is 1. The maximum atomic E-state index is 12.6. The number of aromatic nitrogens is 2. The van der Waals surface area contributed by atoms with Crippen LogP contribution in [0.15, 0.2) is 24.3 Å². The number of carbonyl (C=O) groups excluding carboxylic acids is 1. The minimum atomic E-state index is 0. The first-order valence-electron chi connectivity index (χ1n) is 9.18. The Labute approximate surface area is 165 Å². The summed E-state index contributed by atoms with van der Waals surface area (Å²) in [6.07, 6.45) is 4.73. The fourth-order valence-corrected chi connectivity index (χ4v) is 4.95. The third kappa shape index (κ3) is 4.02. The fourth-order valence-electron chi connectivity index (χ4n) is 4.09. The second-order valence-electron chi connectivity index (χ2n) is 7.36. The molecule has 1 aromatic heterocycles. The predicted molar refractivity (Wildman–Crippen MR) is 110 cm³/mol. The summed E-state index contributed by atoms with van der Waals surface area (Å²) in [6.45, 7) is 2.11. The van der Waals surface area contributed by atoms with Crippen molar-refractivity contribution in [1.82, 2.24) is 20.2 Å². The lowest BCUT2D eigenvalue weighted by Gasteiger charge is -2.35. The van der Waals surface area contributed by atoms with Crippen molar-refractivity contribution in [3.8, 4) is 0 Å². The van der Waals surface area contributed by atoms with Gasteiger partial charge in [0.2, 0.25) is 5.91 Å². The van der Waals surface area contributed by atoms with Crippen molar-refractivity contribution in [3.05, 3.63) is 30.1 Å². The number of imidazole rings is 1. The molecule has 2 bridgehead atoms. The van der Waals surface area contributed by atoms with E-state index in [9.17, 15) is 4.79 Å². The molecule has 3 unspecified atom stereocenters. The number of fused-ring (bicyclic) bond motifs is 3. The third-order valence-electron chi connectivity index (χ3n) is 5.64. The van der Waals surface area contributed by atoms with Gasteiger partial charge in [-0.2, -0.15) is 0 Å². The van der Waals surface area contributed by atoms with Crippen LogP contribution in [0.25, 0.3) is 11.0 Å². The number of benzene rings is 1. The second-order valence-corrected chi connectivity index (χ2v) is 8.69.